The second-order valence-electron chi connectivity index (χ2n) is 9.49. The summed E-state index contributed by atoms with van der Waals surface area (Å²) in [5.41, 5.74) is 6.58. The molecule has 0 bridgehead atoms. The van der Waals surface area contributed by atoms with Gasteiger partial charge in [-0.05, 0) is 92.9 Å². The lowest BCUT2D eigenvalue weighted by Gasteiger charge is -2.18. The summed E-state index contributed by atoms with van der Waals surface area (Å²) in [6, 6.07) is 14.2. The smallest absolute Gasteiger partial charge is 0.293 e. The van der Waals surface area contributed by atoms with Crippen LogP contribution in [-0.4, -0.2) is 34.0 Å². The molecule has 3 aromatic carbocycles. The number of nitrogens with one attached hydrogen (secondary N) is 2. The first-order valence-corrected chi connectivity index (χ1v) is 12.8. The Hall–Kier alpha value is -4.31. The molecule has 10 heteroatoms. The van der Waals surface area contributed by atoms with E-state index in [4.69, 9.17) is 16.6 Å². The maximum Gasteiger partial charge on any atom is 0.293 e. The highest BCUT2D eigenvalue weighted by Crippen LogP contribution is 2.33. The Balaban J connectivity index is 1.34. The number of nitro benzene ring substituents is 1. The van der Waals surface area contributed by atoms with Gasteiger partial charge >= 0.3 is 0 Å². The monoisotopic (exact) mass is 529 g/mol. The number of hydrogen-bond acceptors (Lipinski definition) is 7. The van der Waals surface area contributed by atoms with Crippen LogP contribution in [0.25, 0.3) is 22.6 Å². The molecule has 194 valence electrons. The van der Waals surface area contributed by atoms with Gasteiger partial charge in [-0.1, -0.05) is 12.1 Å². The summed E-state index contributed by atoms with van der Waals surface area (Å²) < 4.78 is 6.08. The van der Waals surface area contributed by atoms with Gasteiger partial charge in [-0.25, -0.2) is 4.98 Å². The molecule has 4 aromatic rings. The Morgan fingerprint density at radius 3 is 2.61 bits per heavy atom. The van der Waals surface area contributed by atoms with Gasteiger partial charge in [0.05, 0.1) is 4.92 Å². The molecule has 0 saturated carbocycles. The third kappa shape index (κ3) is 4.95. The quantitative estimate of drug-likeness (QED) is 0.182. The summed E-state index contributed by atoms with van der Waals surface area (Å²) in [6.07, 6.45) is 1.98. The summed E-state index contributed by atoms with van der Waals surface area (Å²) in [5.74, 6) is -0.0348. The van der Waals surface area contributed by atoms with Crippen LogP contribution < -0.4 is 15.5 Å². The number of aryl methyl sites for hydroxylation is 2. The molecular formula is C28H27N5O4S. The first-order valence-electron chi connectivity index (χ1n) is 12.3. The molecule has 0 aliphatic carbocycles. The van der Waals surface area contributed by atoms with E-state index in [1.165, 1.54) is 6.07 Å². The number of hydrogen-bond donors (Lipinski definition) is 2. The van der Waals surface area contributed by atoms with Crippen molar-refractivity contribution in [1.29, 1.82) is 0 Å². The highest BCUT2D eigenvalue weighted by Gasteiger charge is 2.24. The number of fused-ring (bicyclic) bond motifs is 1. The molecule has 1 saturated heterocycles. The number of nitro groups is 1. The van der Waals surface area contributed by atoms with Crippen molar-refractivity contribution in [3.63, 3.8) is 0 Å². The highest BCUT2D eigenvalue weighted by molar-refractivity contribution is 7.80. The number of oxazole rings is 1. The third-order valence-corrected chi connectivity index (χ3v) is 6.94. The number of nitrogens with zero attached hydrogens (tertiary/aromatic N) is 3. The lowest BCUT2D eigenvalue weighted by molar-refractivity contribution is -0.384. The molecule has 5 rings (SSSR count). The first-order chi connectivity index (χ1) is 18.2. The van der Waals surface area contributed by atoms with E-state index >= 15 is 0 Å². The van der Waals surface area contributed by atoms with E-state index in [9.17, 15) is 14.9 Å². The number of anilines is 2. The number of aromatic nitrogens is 1. The number of thiocarbonyl (C=S) groups is 1. The van der Waals surface area contributed by atoms with E-state index in [2.05, 4.69) is 21.7 Å². The van der Waals surface area contributed by atoms with Crippen molar-refractivity contribution in [1.82, 2.24) is 10.3 Å². The lowest BCUT2D eigenvalue weighted by Crippen LogP contribution is -2.34. The molecule has 9 nitrogen and oxygen atoms in total. The van der Waals surface area contributed by atoms with Gasteiger partial charge in [0.2, 0.25) is 5.89 Å². The summed E-state index contributed by atoms with van der Waals surface area (Å²) in [4.78, 5) is 30.8. The fraction of sp³-hybridized carbons (Fsp3) is 0.250. The maximum atomic E-state index is 12.9. The van der Waals surface area contributed by atoms with Crippen LogP contribution in [0.1, 0.15) is 39.9 Å². The summed E-state index contributed by atoms with van der Waals surface area (Å²) in [5, 5.41) is 17.5. The molecule has 0 radical (unpaired) electrons. The van der Waals surface area contributed by atoms with Crippen LogP contribution in [-0.2, 0) is 0 Å². The van der Waals surface area contributed by atoms with Crippen molar-refractivity contribution in [2.24, 2.45) is 0 Å². The summed E-state index contributed by atoms with van der Waals surface area (Å²) in [7, 11) is 0. The van der Waals surface area contributed by atoms with Gasteiger partial charge in [0.25, 0.3) is 11.6 Å². The predicted octanol–water partition coefficient (Wildman–Crippen LogP) is 6.06. The number of carbonyl (C=O) groups excluding carboxylic acids is 1. The van der Waals surface area contributed by atoms with E-state index in [1.54, 1.807) is 12.1 Å². The Kier molecular flexibility index (Phi) is 6.81. The maximum absolute atomic E-state index is 12.9. The van der Waals surface area contributed by atoms with Gasteiger partial charge in [-0.3, -0.25) is 20.2 Å². The van der Waals surface area contributed by atoms with Gasteiger partial charge in [0.1, 0.15) is 11.2 Å². The molecule has 2 heterocycles. The Morgan fingerprint density at radius 1 is 1.11 bits per heavy atom. The minimum atomic E-state index is -0.530. The number of amides is 1. The molecule has 2 N–H and O–H groups in total. The second-order valence-corrected chi connectivity index (χ2v) is 9.90. The third-order valence-electron chi connectivity index (χ3n) is 6.74. The lowest BCUT2D eigenvalue weighted by atomic mass is 10.1. The van der Waals surface area contributed by atoms with E-state index in [-0.39, 0.29) is 16.4 Å². The zero-order valence-corrected chi connectivity index (χ0v) is 22.1. The van der Waals surface area contributed by atoms with Crippen LogP contribution in [0.15, 0.2) is 52.9 Å². The predicted molar refractivity (Wildman–Crippen MR) is 152 cm³/mol. The van der Waals surface area contributed by atoms with Gasteiger partial charge < -0.3 is 14.6 Å². The number of benzene rings is 3. The van der Waals surface area contributed by atoms with Crippen LogP contribution in [0.2, 0.25) is 0 Å². The Morgan fingerprint density at radius 2 is 1.87 bits per heavy atom. The minimum Gasteiger partial charge on any atom is -0.436 e. The van der Waals surface area contributed by atoms with Gasteiger partial charge in [-0.2, -0.15) is 0 Å². The van der Waals surface area contributed by atoms with E-state index in [1.807, 2.05) is 49.9 Å². The Bertz CT molecular complexity index is 1590. The van der Waals surface area contributed by atoms with Crippen molar-refractivity contribution in [2.45, 2.75) is 33.6 Å². The SMILES string of the molecule is Cc1cc(C)c2oc(-c3cccc(NC(=S)NC(=O)c4ccc(N5CCCC5)c([N+](=O)[O-])c4)c3C)nc2c1. The average Bonchev–Trinajstić information content (AvgIpc) is 3.55. The largest absolute Gasteiger partial charge is 0.436 e. The second kappa shape index (κ2) is 10.2. The standard InChI is InChI=1S/C28H27N5O4S/c1-16-13-17(2)25-22(14-16)29-27(37-25)20-7-6-8-21(18(20)3)30-28(38)31-26(34)19-9-10-23(24(15-19)33(35)36)32-11-4-5-12-32/h6-10,13-15H,4-5,11-12H2,1-3H3,(H2,30,31,34,38). The molecule has 1 aliphatic heterocycles. The molecule has 1 aliphatic rings. The average molecular weight is 530 g/mol. The van der Waals surface area contributed by atoms with Gasteiger partial charge in [0, 0.05) is 36.0 Å². The van der Waals surface area contributed by atoms with Crippen LogP contribution in [0, 0.1) is 30.9 Å². The van der Waals surface area contributed by atoms with E-state index < -0.39 is 10.8 Å². The van der Waals surface area contributed by atoms with Crippen molar-refractivity contribution >= 4 is 51.4 Å². The zero-order valence-electron chi connectivity index (χ0n) is 21.3. The number of carbonyl (C=O) groups is 1. The highest BCUT2D eigenvalue weighted by atomic mass is 32.1. The fourth-order valence-electron chi connectivity index (χ4n) is 4.86. The minimum absolute atomic E-state index is 0.0746. The first kappa shape index (κ1) is 25.3. The fourth-order valence-corrected chi connectivity index (χ4v) is 5.06. The van der Waals surface area contributed by atoms with Crippen LogP contribution in [0.5, 0.6) is 0 Å². The molecule has 0 unspecified atom stereocenters. The van der Waals surface area contributed by atoms with Crippen molar-refractivity contribution < 1.29 is 14.1 Å². The van der Waals surface area contributed by atoms with Gasteiger partial charge in [0.15, 0.2) is 10.7 Å². The molecule has 0 atom stereocenters. The number of rotatable bonds is 5. The van der Waals surface area contributed by atoms with E-state index in [0.717, 1.165) is 59.3 Å². The summed E-state index contributed by atoms with van der Waals surface area (Å²) in [6.45, 7) is 7.45. The normalized spacial score (nSPS) is 13.1. The molecule has 1 amide bonds. The van der Waals surface area contributed by atoms with Crippen LogP contribution >= 0.6 is 12.2 Å². The topological polar surface area (TPSA) is 114 Å². The van der Waals surface area contributed by atoms with Crippen molar-refractivity contribution in [3.8, 4) is 11.5 Å². The molecule has 38 heavy (non-hydrogen) atoms. The summed E-state index contributed by atoms with van der Waals surface area (Å²) >= 11 is 5.39. The Labute approximate surface area is 225 Å². The van der Waals surface area contributed by atoms with Gasteiger partial charge in [-0.15, -0.1) is 0 Å². The molecule has 1 aromatic heterocycles. The van der Waals surface area contributed by atoms with E-state index in [0.29, 0.717) is 17.3 Å². The van der Waals surface area contributed by atoms with Crippen LogP contribution in [0.4, 0.5) is 17.1 Å². The molecular weight excluding hydrogens is 502 g/mol. The van der Waals surface area contributed by atoms with Crippen molar-refractivity contribution in [2.75, 3.05) is 23.3 Å². The molecule has 0 spiro atoms. The van der Waals surface area contributed by atoms with Crippen LogP contribution in [0.3, 0.4) is 0 Å². The van der Waals surface area contributed by atoms with Crippen molar-refractivity contribution in [3.05, 3.63) is 80.9 Å². The zero-order chi connectivity index (χ0) is 27.0. The molecule has 1 fully saturated rings.